The number of hydrogen-bond acceptors (Lipinski definition) is 5. The van der Waals surface area contributed by atoms with Gasteiger partial charge in [-0.25, -0.2) is 13.6 Å². The molecule has 4 heterocycles. The average Bonchev–Trinajstić information content (AvgIpc) is 3.33. The second kappa shape index (κ2) is 6.98. The van der Waals surface area contributed by atoms with E-state index in [-0.39, 0.29) is 28.3 Å². The van der Waals surface area contributed by atoms with Gasteiger partial charge in [0.15, 0.2) is 5.82 Å². The average molecular weight is 473 g/mol. The van der Waals surface area contributed by atoms with Gasteiger partial charge in [0.1, 0.15) is 22.0 Å². The molecule has 6 rings (SSSR count). The van der Waals surface area contributed by atoms with Crippen LogP contribution in [0.15, 0.2) is 36.5 Å². The number of amides is 1. The molecule has 2 aliphatic heterocycles. The lowest BCUT2D eigenvalue weighted by molar-refractivity contribution is 0.129. The molecule has 6 nitrogen and oxygen atoms in total. The molecule has 1 amide bonds. The van der Waals surface area contributed by atoms with E-state index in [2.05, 4.69) is 14.3 Å². The van der Waals surface area contributed by atoms with Crippen molar-refractivity contribution in [2.45, 2.75) is 18.5 Å². The van der Waals surface area contributed by atoms with Gasteiger partial charge in [-0.1, -0.05) is 35.9 Å². The molecule has 0 saturated carbocycles. The van der Waals surface area contributed by atoms with Gasteiger partial charge in [-0.3, -0.25) is 4.98 Å². The Morgan fingerprint density at radius 3 is 2.88 bits per heavy atom. The van der Waals surface area contributed by atoms with Gasteiger partial charge >= 0.3 is 6.09 Å². The molecule has 2 saturated heterocycles. The first-order valence-corrected chi connectivity index (χ1v) is 11.2. The molecule has 10 heteroatoms. The quantitative estimate of drug-likeness (QED) is 0.424. The molecule has 4 aromatic rings. The highest BCUT2D eigenvalue weighted by Crippen LogP contribution is 2.44. The Morgan fingerprint density at radius 2 is 2.06 bits per heavy atom. The minimum absolute atomic E-state index is 0.0468. The number of carboxylic acid groups (broad SMARTS) is 1. The third kappa shape index (κ3) is 2.64. The van der Waals surface area contributed by atoms with Crippen LogP contribution in [0.1, 0.15) is 6.42 Å². The van der Waals surface area contributed by atoms with Crippen molar-refractivity contribution in [2.75, 3.05) is 18.0 Å². The number of pyridine rings is 1. The predicted molar refractivity (Wildman–Crippen MR) is 120 cm³/mol. The normalized spacial score (nSPS) is 20.1. The third-order valence-corrected chi connectivity index (χ3v) is 7.71. The number of rotatable bonds is 2. The summed E-state index contributed by atoms with van der Waals surface area (Å²) in [5.41, 5.74) is 0.653. The van der Waals surface area contributed by atoms with Gasteiger partial charge in [-0.05, 0) is 29.4 Å². The van der Waals surface area contributed by atoms with Crippen molar-refractivity contribution in [1.29, 1.82) is 0 Å². The molecule has 1 N–H and O–H groups in total. The maximum atomic E-state index is 15.6. The van der Waals surface area contributed by atoms with Crippen LogP contribution in [-0.2, 0) is 0 Å². The molecule has 2 aliphatic rings. The van der Waals surface area contributed by atoms with Gasteiger partial charge in [-0.2, -0.15) is 4.37 Å². The summed E-state index contributed by atoms with van der Waals surface area (Å²) in [5.74, 6) is -1.17. The number of nitrogens with zero attached hydrogens (tertiary/aromatic N) is 4. The van der Waals surface area contributed by atoms with Crippen molar-refractivity contribution < 1.29 is 18.7 Å². The largest absolute Gasteiger partial charge is 0.465 e. The van der Waals surface area contributed by atoms with Crippen molar-refractivity contribution in [3.8, 4) is 11.3 Å². The van der Waals surface area contributed by atoms with E-state index in [9.17, 15) is 14.3 Å². The van der Waals surface area contributed by atoms with E-state index in [0.717, 1.165) is 11.4 Å². The fourth-order valence-electron chi connectivity index (χ4n) is 4.85. The lowest BCUT2D eigenvalue weighted by Gasteiger charge is -2.46. The molecule has 2 aromatic heterocycles. The first kappa shape index (κ1) is 19.6. The summed E-state index contributed by atoms with van der Waals surface area (Å²) in [5, 5.41) is 11.7. The van der Waals surface area contributed by atoms with Crippen LogP contribution in [0.4, 0.5) is 18.6 Å². The maximum Gasteiger partial charge on any atom is 0.407 e. The summed E-state index contributed by atoms with van der Waals surface area (Å²) in [7, 11) is 0. The highest BCUT2D eigenvalue weighted by atomic mass is 35.5. The molecule has 0 radical (unpaired) electrons. The Labute approximate surface area is 189 Å². The minimum atomic E-state index is -0.908. The Morgan fingerprint density at radius 1 is 1.22 bits per heavy atom. The smallest absolute Gasteiger partial charge is 0.407 e. The molecular formula is C22H15ClF2N4O2S. The van der Waals surface area contributed by atoms with Crippen LogP contribution in [0.3, 0.4) is 0 Å². The zero-order valence-corrected chi connectivity index (χ0v) is 18.0. The van der Waals surface area contributed by atoms with Gasteiger partial charge in [0.25, 0.3) is 0 Å². The van der Waals surface area contributed by atoms with Crippen molar-refractivity contribution >= 4 is 55.9 Å². The summed E-state index contributed by atoms with van der Waals surface area (Å²) in [6.07, 6.45) is 1.40. The molecule has 32 heavy (non-hydrogen) atoms. The van der Waals surface area contributed by atoms with E-state index >= 15 is 4.39 Å². The summed E-state index contributed by atoms with van der Waals surface area (Å²) < 4.78 is 34.1. The molecule has 0 bridgehead atoms. The van der Waals surface area contributed by atoms with Crippen LogP contribution in [0.25, 0.3) is 32.9 Å². The fourth-order valence-corrected chi connectivity index (χ4v) is 6.05. The zero-order valence-electron chi connectivity index (χ0n) is 16.4. The fraction of sp³-hybridized carbons (Fsp3) is 0.227. The van der Waals surface area contributed by atoms with Crippen molar-refractivity contribution in [3.05, 3.63) is 53.2 Å². The number of likely N-dealkylation sites (tertiary alicyclic amines) is 1. The van der Waals surface area contributed by atoms with Crippen LogP contribution in [0.2, 0.25) is 5.02 Å². The third-order valence-electron chi connectivity index (χ3n) is 6.44. The van der Waals surface area contributed by atoms with Crippen LogP contribution < -0.4 is 4.90 Å². The van der Waals surface area contributed by atoms with Crippen molar-refractivity contribution in [2.24, 2.45) is 0 Å². The summed E-state index contributed by atoms with van der Waals surface area (Å²) in [4.78, 5) is 19.3. The highest BCUT2D eigenvalue weighted by Gasteiger charge is 2.49. The van der Waals surface area contributed by atoms with Crippen LogP contribution in [0.5, 0.6) is 0 Å². The lowest BCUT2D eigenvalue weighted by atomic mass is 9.97. The first-order chi connectivity index (χ1) is 15.5. The first-order valence-electron chi connectivity index (χ1n) is 10.0. The maximum absolute atomic E-state index is 15.6. The topological polar surface area (TPSA) is 69.6 Å². The number of benzene rings is 2. The monoisotopic (exact) mass is 472 g/mol. The van der Waals surface area contributed by atoms with E-state index in [1.165, 1.54) is 22.5 Å². The van der Waals surface area contributed by atoms with Gasteiger partial charge < -0.3 is 14.9 Å². The van der Waals surface area contributed by atoms with Gasteiger partial charge in [0.2, 0.25) is 0 Å². The Hall–Kier alpha value is -3.04. The van der Waals surface area contributed by atoms with Crippen molar-refractivity contribution in [3.63, 3.8) is 0 Å². The Bertz CT molecular complexity index is 1430. The van der Waals surface area contributed by atoms with Crippen LogP contribution in [-0.4, -0.2) is 50.6 Å². The van der Waals surface area contributed by atoms with Gasteiger partial charge in [-0.15, -0.1) is 0 Å². The molecule has 0 aliphatic carbocycles. The second-order valence-corrected chi connectivity index (χ2v) is 9.12. The van der Waals surface area contributed by atoms with Gasteiger partial charge in [0.05, 0.1) is 22.5 Å². The summed E-state index contributed by atoms with van der Waals surface area (Å²) in [6, 6.07) is 8.09. The molecular weight excluding hydrogens is 458 g/mol. The second-order valence-electron chi connectivity index (χ2n) is 7.99. The number of aromatic nitrogens is 2. The SMILES string of the molecule is O=C(O)N1CC[C@@H]2[C@H]1CN2c1snc2c(F)c(-c3cccc4ccc(F)c(Cl)c34)ncc12. The number of halogens is 3. The number of fused-ring (bicyclic) bond motifs is 3. The van der Waals surface area contributed by atoms with E-state index in [1.807, 2.05) is 0 Å². The van der Waals surface area contributed by atoms with E-state index in [4.69, 9.17) is 11.6 Å². The summed E-state index contributed by atoms with van der Waals surface area (Å²) >= 11 is 7.39. The van der Waals surface area contributed by atoms with Crippen molar-refractivity contribution in [1.82, 2.24) is 14.3 Å². The highest BCUT2D eigenvalue weighted by molar-refractivity contribution is 7.11. The molecule has 0 unspecified atom stereocenters. The molecule has 0 spiro atoms. The van der Waals surface area contributed by atoms with E-state index in [1.54, 1.807) is 30.5 Å². The standard InChI is InChI=1S/C22H15ClF2N4O2S/c23-17-13(24)5-4-10-2-1-3-11(16(10)17)19-18(25)20-12(8-26-19)21(32-27-20)29-9-15-14(29)6-7-28(15)22(30)31/h1-5,8,14-15H,6-7,9H2,(H,30,31)/t14-,15-/m1/s1. The molecule has 2 atom stereocenters. The number of carbonyl (C=O) groups is 1. The Kier molecular flexibility index (Phi) is 4.28. The van der Waals surface area contributed by atoms with E-state index < -0.39 is 17.7 Å². The molecule has 162 valence electrons. The Balaban J connectivity index is 1.43. The minimum Gasteiger partial charge on any atom is -0.465 e. The zero-order chi connectivity index (χ0) is 22.1. The van der Waals surface area contributed by atoms with Crippen LogP contribution in [0, 0.1) is 11.6 Å². The predicted octanol–water partition coefficient (Wildman–Crippen LogP) is 5.38. The lowest BCUT2D eigenvalue weighted by Crippen LogP contribution is -2.62. The molecule has 2 aromatic carbocycles. The van der Waals surface area contributed by atoms with Gasteiger partial charge in [0, 0.05) is 30.2 Å². The molecule has 2 fully saturated rings. The van der Waals surface area contributed by atoms with Crippen LogP contribution >= 0.6 is 23.1 Å². The number of anilines is 1. The summed E-state index contributed by atoms with van der Waals surface area (Å²) in [6.45, 7) is 1.04. The number of hydrogen-bond donors (Lipinski definition) is 1. The van der Waals surface area contributed by atoms with E-state index in [0.29, 0.717) is 34.8 Å².